The lowest BCUT2D eigenvalue weighted by Crippen LogP contribution is -1.95. The molecule has 0 amide bonds. The highest BCUT2D eigenvalue weighted by Gasteiger charge is 2.24. The van der Waals surface area contributed by atoms with Crippen LogP contribution in [-0.4, -0.2) is 13.3 Å². The van der Waals surface area contributed by atoms with Crippen LogP contribution in [0.4, 0.5) is 5.69 Å². The molecule has 0 aliphatic rings. The molecule has 0 fully saturated rings. The number of halogens is 1. The average molecular weight is 284 g/mol. The van der Waals surface area contributed by atoms with E-state index in [-0.39, 0.29) is 15.8 Å². The van der Waals surface area contributed by atoms with Crippen LogP contribution in [0.1, 0.15) is 18.7 Å². The van der Waals surface area contributed by atoms with E-state index in [4.69, 9.17) is 10.7 Å². The smallest absolute Gasteiger partial charge is 0.258 e. The molecule has 1 aromatic heterocycles. The zero-order chi connectivity index (χ0) is 12.5. The van der Waals surface area contributed by atoms with E-state index < -0.39 is 14.0 Å². The Kier molecular flexibility index (Phi) is 3.92. The van der Waals surface area contributed by atoms with Gasteiger partial charge >= 0.3 is 0 Å². The Labute approximate surface area is 102 Å². The zero-order valence-electron chi connectivity index (χ0n) is 8.64. The van der Waals surface area contributed by atoms with Crippen LogP contribution in [-0.2, 0) is 15.5 Å². The molecule has 0 bridgehead atoms. The molecule has 0 saturated carbocycles. The van der Waals surface area contributed by atoms with Crippen LogP contribution in [0.2, 0.25) is 0 Å². The van der Waals surface area contributed by atoms with Gasteiger partial charge in [0.25, 0.3) is 14.7 Å². The minimum absolute atomic E-state index is 0.169. The third-order valence-electron chi connectivity index (χ3n) is 1.79. The second kappa shape index (κ2) is 4.68. The first kappa shape index (κ1) is 13.4. The predicted octanol–water partition coefficient (Wildman–Crippen LogP) is 2.78. The van der Waals surface area contributed by atoms with Crippen molar-refractivity contribution in [3.8, 4) is 0 Å². The minimum Gasteiger partial charge on any atom is -0.258 e. The summed E-state index contributed by atoms with van der Waals surface area (Å²) in [4.78, 5) is 10.6. The molecule has 1 rings (SSSR count). The lowest BCUT2D eigenvalue weighted by molar-refractivity contribution is -0.385. The highest BCUT2D eigenvalue weighted by molar-refractivity contribution is 8.15. The van der Waals surface area contributed by atoms with Crippen LogP contribution in [0.15, 0.2) is 10.3 Å². The molecule has 1 heterocycles. The Balaban J connectivity index is 3.26. The molecule has 8 heteroatoms. The molecule has 16 heavy (non-hydrogen) atoms. The number of rotatable bonds is 4. The van der Waals surface area contributed by atoms with Gasteiger partial charge in [0.2, 0.25) is 0 Å². The third kappa shape index (κ3) is 3.16. The molecule has 0 unspecified atom stereocenters. The van der Waals surface area contributed by atoms with Crippen molar-refractivity contribution in [2.45, 2.75) is 24.5 Å². The predicted molar refractivity (Wildman–Crippen MR) is 62.6 cm³/mol. The minimum atomic E-state index is -3.89. The Morgan fingerprint density at radius 2 is 2.12 bits per heavy atom. The normalized spacial score (nSPS) is 12.0. The summed E-state index contributed by atoms with van der Waals surface area (Å²) in [5.74, 6) is 0.211. The van der Waals surface area contributed by atoms with Crippen molar-refractivity contribution in [2.24, 2.45) is 5.92 Å². The second-order valence-electron chi connectivity index (χ2n) is 3.67. The summed E-state index contributed by atoms with van der Waals surface area (Å²) >= 11 is 0.862. The van der Waals surface area contributed by atoms with Gasteiger partial charge in [0.1, 0.15) is 4.21 Å². The molecule has 0 radical (unpaired) electrons. The third-order valence-corrected chi connectivity index (χ3v) is 5.02. The van der Waals surface area contributed by atoms with Gasteiger partial charge in [-0.3, -0.25) is 10.1 Å². The summed E-state index contributed by atoms with van der Waals surface area (Å²) in [5.41, 5.74) is -0.169. The quantitative estimate of drug-likeness (QED) is 0.483. The van der Waals surface area contributed by atoms with E-state index in [1.54, 1.807) is 0 Å². The molecular formula is C8H10ClNO4S2. The molecule has 0 N–H and O–H groups in total. The lowest BCUT2D eigenvalue weighted by atomic mass is 10.1. The number of nitro groups is 1. The Morgan fingerprint density at radius 3 is 2.50 bits per heavy atom. The standard InChI is InChI=1S/C8H10ClNO4S2/c1-5(2)3-7-6(10(11)12)4-8(15-7)16(9,13)14/h4-5H,3H2,1-2H3. The maximum absolute atomic E-state index is 11.1. The molecule has 0 aliphatic carbocycles. The average Bonchev–Trinajstić information content (AvgIpc) is 2.45. The van der Waals surface area contributed by atoms with Gasteiger partial charge < -0.3 is 0 Å². The van der Waals surface area contributed by atoms with Gasteiger partial charge in [-0.15, -0.1) is 11.3 Å². The van der Waals surface area contributed by atoms with Gasteiger partial charge in [-0.05, 0) is 12.3 Å². The van der Waals surface area contributed by atoms with Crippen LogP contribution >= 0.6 is 22.0 Å². The number of hydrogen-bond donors (Lipinski definition) is 0. The first-order valence-corrected chi connectivity index (χ1v) is 7.56. The van der Waals surface area contributed by atoms with Gasteiger partial charge in [-0.25, -0.2) is 8.42 Å². The van der Waals surface area contributed by atoms with Gasteiger partial charge in [0.05, 0.1) is 9.80 Å². The van der Waals surface area contributed by atoms with Crippen molar-refractivity contribution in [3.63, 3.8) is 0 Å². The van der Waals surface area contributed by atoms with Gasteiger partial charge in [0, 0.05) is 16.7 Å². The van der Waals surface area contributed by atoms with E-state index in [1.165, 1.54) is 0 Å². The van der Waals surface area contributed by atoms with Crippen LogP contribution in [0.3, 0.4) is 0 Å². The first-order chi connectivity index (χ1) is 7.21. The van der Waals surface area contributed by atoms with Crippen molar-refractivity contribution >= 4 is 36.8 Å². The Hall–Kier alpha value is -0.660. The highest BCUT2D eigenvalue weighted by atomic mass is 35.7. The highest BCUT2D eigenvalue weighted by Crippen LogP contribution is 2.35. The van der Waals surface area contributed by atoms with Crippen LogP contribution in [0.5, 0.6) is 0 Å². The van der Waals surface area contributed by atoms with Crippen molar-refractivity contribution in [1.82, 2.24) is 0 Å². The van der Waals surface area contributed by atoms with Crippen LogP contribution in [0, 0.1) is 16.0 Å². The molecule has 0 spiro atoms. The fourth-order valence-electron chi connectivity index (χ4n) is 1.19. The summed E-state index contributed by atoms with van der Waals surface area (Å²) in [6.45, 7) is 3.80. The van der Waals surface area contributed by atoms with Crippen molar-refractivity contribution < 1.29 is 13.3 Å². The zero-order valence-corrected chi connectivity index (χ0v) is 11.0. The van der Waals surface area contributed by atoms with Crippen LogP contribution in [0.25, 0.3) is 0 Å². The number of hydrogen-bond acceptors (Lipinski definition) is 5. The maximum atomic E-state index is 11.1. The van der Waals surface area contributed by atoms with E-state index in [0.29, 0.717) is 11.3 Å². The topological polar surface area (TPSA) is 77.3 Å². The summed E-state index contributed by atoms with van der Waals surface area (Å²) in [6.07, 6.45) is 0.466. The van der Waals surface area contributed by atoms with Crippen molar-refractivity contribution in [2.75, 3.05) is 0 Å². The molecule has 0 saturated heterocycles. The van der Waals surface area contributed by atoms with E-state index >= 15 is 0 Å². The van der Waals surface area contributed by atoms with E-state index in [1.807, 2.05) is 13.8 Å². The van der Waals surface area contributed by atoms with E-state index in [2.05, 4.69) is 0 Å². The lowest BCUT2D eigenvalue weighted by Gasteiger charge is -2.00. The molecule has 1 aromatic rings. The van der Waals surface area contributed by atoms with E-state index in [0.717, 1.165) is 17.4 Å². The Morgan fingerprint density at radius 1 is 1.56 bits per heavy atom. The van der Waals surface area contributed by atoms with Gasteiger partial charge in [-0.2, -0.15) is 0 Å². The van der Waals surface area contributed by atoms with Crippen molar-refractivity contribution in [1.29, 1.82) is 0 Å². The molecule has 0 aliphatic heterocycles. The molecule has 0 aromatic carbocycles. The van der Waals surface area contributed by atoms with Gasteiger partial charge in [-0.1, -0.05) is 13.8 Å². The fourth-order valence-corrected chi connectivity index (χ4v) is 3.62. The molecule has 90 valence electrons. The SMILES string of the molecule is CC(C)Cc1sc(S(=O)(=O)Cl)cc1[N+](=O)[O-]. The largest absolute Gasteiger partial charge is 0.284 e. The first-order valence-electron chi connectivity index (χ1n) is 4.43. The number of nitrogens with zero attached hydrogens (tertiary/aromatic N) is 1. The number of thiophene rings is 1. The molecular weight excluding hydrogens is 274 g/mol. The summed E-state index contributed by atoms with van der Waals surface area (Å²) in [6, 6.07) is 1.02. The fraction of sp³-hybridized carbons (Fsp3) is 0.500. The van der Waals surface area contributed by atoms with Crippen LogP contribution < -0.4 is 0 Å². The molecule has 0 atom stereocenters. The second-order valence-corrected chi connectivity index (χ2v) is 7.60. The van der Waals surface area contributed by atoms with E-state index in [9.17, 15) is 18.5 Å². The molecule has 5 nitrogen and oxygen atoms in total. The summed E-state index contributed by atoms with van der Waals surface area (Å²) in [7, 11) is 1.26. The monoisotopic (exact) mass is 283 g/mol. The van der Waals surface area contributed by atoms with Gasteiger partial charge in [0.15, 0.2) is 0 Å². The summed E-state index contributed by atoms with van der Waals surface area (Å²) < 4.78 is 22.0. The Bertz CT molecular complexity index is 506. The summed E-state index contributed by atoms with van der Waals surface area (Å²) in [5, 5.41) is 10.7. The van der Waals surface area contributed by atoms with Crippen molar-refractivity contribution in [3.05, 3.63) is 21.1 Å². The maximum Gasteiger partial charge on any atom is 0.284 e.